The molecule has 0 fully saturated rings. The van der Waals surface area contributed by atoms with Crippen molar-refractivity contribution in [3.05, 3.63) is 234 Å². The molecule has 3 aliphatic carbocycles. The fourth-order valence-electron chi connectivity index (χ4n) is 9.48. The van der Waals surface area contributed by atoms with Crippen molar-refractivity contribution >= 4 is 40.0 Å². The van der Waals surface area contributed by atoms with E-state index in [0.29, 0.717) is 5.92 Å². The first-order valence-electron chi connectivity index (χ1n) is 20.5. The lowest BCUT2D eigenvalue weighted by Gasteiger charge is -2.34. The number of hydrogen-bond acceptors (Lipinski definition) is 2. The van der Waals surface area contributed by atoms with E-state index in [1.54, 1.807) is 0 Å². The van der Waals surface area contributed by atoms with Crippen molar-refractivity contribution in [3.8, 4) is 22.3 Å². The largest absolute Gasteiger partial charge is 0.333 e. The van der Waals surface area contributed by atoms with Crippen LogP contribution < -0.4 is 9.80 Å². The topological polar surface area (TPSA) is 6.48 Å². The highest BCUT2D eigenvalue weighted by Crippen LogP contribution is 2.52. The fraction of sp³-hybridized carbons (Fsp3) is 0.107. The van der Waals surface area contributed by atoms with Gasteiger partial charge in [-0.05, 0) is 123 Å². The molecule has 58 heavy (non-hydrogen) atoms. The minimum Gasteiger partial charge on any atom is -0.333 e. The highest BCUT2D eigenvalue weighted by molar-refractivity contribution is 6.04. The van der Waals surface area contributed by atoms with E-state index in [2.05, 4.69) is 231 Å². The number of anilines is 4. The molecule has 0 aromatic heterocycles. The maximum atomic E-state index is 4.67. The van der Waals surface area contributed by atoms with Crippen LogP contribution in [0.4, 0.5) is 22.7 Å². The van der Waals surface area contributed by atoms with E-state index in [4.69, 9.17) is 0 Å². The second-order valence-corrected chi connectivity index (χ2v) is 15.7. The lowest BCUT2D eigenvalue weighted by molar-refractivity contribution is 0.715. The van der Waals surface area contributed by atoms with Crippen molar-refractivity contribution in [2.75, 3.05) is 9.80 Å². The minimum atomic E-state index is 0.143. The molecule has 3 unspecified atom stereocenters. The average Bonchev–Trinajstić information content (AvgIpc) is 3.76. The molecule has 6 aromatic rings. The third-order valence-corrected chi connectivity index (χ3v) is 12.3. The average molecular weight is 747 g/mol. The van der Waals surface area contributed by atoms with Gasteiger partial charge in [-0.25, -0.2) is 0 Å². The molecule has 1 aliphatic heterocycles. The predicted molar refractivity (Wildman–Crippen MR) is 247 cm³/mol. The molecule has 0 saturated carbocycles. The number of hydrogen-bond donors (Lipinski definition) is 0. The van der Waals surface area contributed by atoms with Crippen molar-refractivity contribution in [2.24, 2.45) is 5.92 Å². The molecule has 10 rings (SSSR count). The standard InChI is InChI=1S/C56H46N2/c1-4-5-7-18-44-19-10-12-22-53(44)58-54-23-13-11-20-49(54)52-37-47(33-35-55(52)58)57(46-32-34-48-50-21-14-15-38(2)56(50)39(3)51(48)36-46)45-30-28-43(29-31-45)42-26-24-41(25-27-42)40-16-8-6-9-17-40/h4-14,16-38,52,55H,3,15H2,1-2H3/b5-4-,18-7-. The molecule has 0 spiro atoms. The third kappa shape index (κ3) is 6.13. The van der Waals surface area contributed by atoms with Gasteiger partial charge in [0.25, 0.3) is 0 Å². The van der Waals surface area contributed by atoms with Gasteiger partial charge in [-0.3, -0.25) is 0 Å². The van der Waals surface area contributed by atoms with Crippen LogP contribution in [0.25, 0.3) is 39.5 Å². The number of benzene rings is 6. The van der Waals surface area contributed by atoms with E-state index in [9.17, 15) is 0 Å². The smallest absolute Gasteiger partial charge is 0.0631 e. The molecule has 2 heteroatoms. The van der Waals surface area contributed by atoms with Gasteiger partial charge in [0.1, 0.15) is 0 Å². The summed E-state index contributed by atoms with van der Waals surface area (Å²) in [7, 11) is 0. The zero-order valence-corrected chi connectivity index (χ0v) is 33.1. The molecule has 2 nitrogen and oxygen atoms in total. The maximum Gasteiger partial charge on any atom is 0.0631 e. The summed E-state index contributed by atoms with van der Waals surface area (Å²) < 4.78 is 0. The SMILES string of the molecule is C=C1C2=C(C=CCC2C)c2ccc(N(C3=CC4c5ccccc5N(c5ccccc5/C=C\C=C/C)C4C=C3)c3ccc(-c4ccc(-c5ccccc5)cc4)cc3)cc21. The second kappa shape index (κ2) is 14.9. The first-order valence-corrected chi connectivity index (χ1v) is 20.5. The van der Waals surface area contributed by atoms with E-state index in [-0.39, 0.29) is 12.0 Å². The van der Waals surface area contributed by atoms with Gasteiger partial charge in [0.2, 0.25) is 0 Å². The lowest BCUT2D eigenvalue weighted by atomic mass is 9.87. The third-order valence-electron chi connectivity index (χ3n) is 12.3. The molecule has 0 saturated heterocycles. The Bertz CT molecular complexity index is 2740. The molecule has 0 bridgehead atoms. The number of fused-ring (bicyclic) bond motifs is 5. The minimum absolute atomic E-state index is 0.143. The summed E-state index contributed by atoms with van der Waals surface area (Å²) in [5, 5.41) is 0. The zero-order valence-electron chi connectivity index (χ0n) is 33.1. The molecule has 1 heterocycles. The molecule has 0 N–H and O–H groups in total. The normalized spacial score (nSPS) is 19.1. The molecule has 3 atom stereocenters. The Labute approximate surface area is 343 Å². The van der Waals surface area contributed by atoms with Gasteiger partial charge in [0.05, 0.1) is 6.04 Å². The van der Waals surface area contributed by atoms with Crippen molar-refractivity contribution in [3.63, 3.8) is 0 Å². The van der Waals surface area contributed by atoms with Crippen LogP contribution in [0.5, 0.6) is 0 Å². The molecular weight excluding hydrogens is 701 g/mol. The van der Waals surface area contributed by atoms with Crippen LogP contribution >= 0.6 is 0 Å². The predicted octanol–water partition coefficient (Wildman–Crippen LogP) is 14.9. The molecule has 0 amide bonds. The quantitative estimate of drug-likeness (QED) is 0.143. The molecular formula is C56H46N2. The van der Waals surface area contributed by atoms with Gasteiger partial charge in [-0.15, -0.1) is 0 Å². The highest BCUT2D eigenvalue weighted by Gasteiger charge is 2.39. The van der Waals surface area contributed by atoms with Crippen LogP contribution in [-0.4, -0.2) is 6.04 Å². The lowest BCUT2D eigenvalue weighted by Crippen LogP contribution is -2.31. The van der Waals surface area contributed by atoms with Gasteiger partial charge in [-0.1, -0.05) is 171 Å². The van der Waals surface area contributed by atoms with Crippen LogP contribution in [0.3, 0.4) is 0 Å². The number of para-hydroxylation sites is 2. The second-order valence-electron chi connectivity index (χ2n) is 15.7. The van der Waals surface area contributed by atoms with E-state index in [0.717, 1.165) is 29.1 Å². The number of nitrogens with zero attached hydrogens (tertiary/aromatic N) is 2. The summed E-state index contributed by atoms with van der Waals surface area (Å²) in [6.07, 6.45) is 21.4. The summed E-state index contributed by atoms with van der Waals surface area (Å²) >= 11 is 0. The van der Waals surface area contributed by atoms with E-state index in [1.807, 2.05) is 0 Å². The highest BCUT2D eigenvalue weighted by atomic mass is 15.2. The summed E-state index contributed by atoms with van der Waals surface area (Å²) in [5.41, 5.74) is 19.7. The fourth-order valence-corrected chi connectivity index (χ4v) is 9.48. The van der Waals surface area contributed by atoms with Gasteiger partial charge in [-0.2, -0.15) is 0 Å². The number of allylic oxidation sites excluding steroid dienone is 9. The monoisotopic (exact) mass is 746 g/mol. The summed E-state index contributed by atoms with van der Waals surface area (Å²) in [6.45, 7) is 9.05. The Balaban J connectivity index is 1.05. The Hall–Kier alpha value is -6.90. The van der Waals surface area contributed by atoms with E-state index >= 15 is 0 Å². The van der Waals surface area contributed by atoms with Crippen molar-refractivity contribution in [1.29, 1.82) is 0 Å². The van der Waals surface area contributed by atoms with Crippen LogP contribution in [0.1, 0.15) is 48.4 Å². The van der Waals surface area contributed by atoms with Crippen LogP contribution in [0.2, 0.25) is 0 Å². The van der Waals surface area contributed by atoms with Crippen LogP contribution in [0.15, 0.2) is 212 Å². The van der Waals surface area contributed by atoms with Gasteiger partial charge in [0.15, 0.2) is 0 Å². The molecule has 280 valence electrons. The zero-order chi connectivity index (χ0) is 39.2. The molecule has 0 radical (unpaired) electrons. The summed E-state index contributed by atoms with van der Waals surface area (Å²) in [5.74, 6) is 0.627. The Morgan fingerprint density at radius 1 is 0.655 bits per heavy atom. The van der Waals surface area contributed by atoms with Gasteiger partial charge < -0.3 is 9.80 Å². The first-order chi connectivity index (χ1) is 28.6. The van der Waals surface area contributed by atoms with Crippen LogP contribution in [0, 0.1) is 5.92 Å². The van der Waals surface area contributed by atoms with Crippen molar-refractivity contribution in [1.82, 2.24) is 0 Å². The summed E-state index contributed by atoms with van der Waals surface area (Å²) in [6, 6.07) is 53.4. The Morgan fingerprint density at radius 3 is 2.07 bits per heavy atom. The Morgan fingerprint density at radius 2 is 1.31 bits per heavy atom. The van der Waals surface area contributed by atoms with Crippen molar-refractivity contribution in [2.45, 2.75) is 32.2 Å². The molecule has 4 aliphatic rings. The van der Waals surface area contributed by atoms with E-state index in [1.165, 1.54) is 67.0 Å². The molecule has 6 aromatic carbocycles. The number of rotatable bonds is 8. The van der Waals surface area contributed by atoms with Gasteiger partial charge >= 0.3 is 0 Å². The van der Waals surface area contributed by atoms with Gasteiger partial charge in [0, 0.05) is 34.4 Å². The van der Waals surface area contributed by atoms with E-state index < -0.39 is 0 Å². The Kier molecular flexibility index (Phi) is 9.11. The summed E-state index contributed by atoms with van der Waals surface area (Å²) in [4.78, 5) is 4.98. The van der Waals surface area contributed by atoms with Crippen LogP contribution in [-0.2, 0) is 0 Å². The first kappa shape index (κ1) is 35.5. The van der Waals surface area contributed by atoms with Crippen molar-refractivity contribution < 1.29 is 0 Å². The maximum absolute atomic E-state index is 4.67.